The van der Waals surface area contributed by atoms with Gasteiger partial charge < -0.3 is 19.9 Å². The second kappa shape index (κ2) is 11.1. The molecule has 0 atom stereocenters. The summed E-state index contributed by atoms with van der Waals surface area (Å²) in [6.07, 6.45) is 6.26. The molecule has 1 N–H and O–H groups in total. The van der Waals surface area contributed by atoms with Gasteiger partial charge in [0, 0.05) is 50.1 Å². The Balaban J connectivity index is 1.50. The quantitative estimate of drug-likeness (QED) is 0.484. The number of nitrogens with one attached hydrogen (secondary N) is 1. The number of nitriles is 1. The van der Waals surface area contributed by atoms with Gasteiger partial charge in [-0.05, 0) is 43.0 Å². The first-order valence-electron chi connectivity index (χ1n) is 13.2. The Morgan fingerprint density at radius 3 is 2.66 bits per heavy atom. The van der Waals surface area contributed by atoms with Crippen LogP contribution in [-0.4, -0.2) is 60.9 Å². The van der Waals surface area contributed by atoms with Gasteiger partial charge in [-0.15, -0.1) is 5.10 Å². The highest BCUT2D eigenvalue weighted by atomic mass is 19.1. The number of carbonyl (C=O) groups excluding carboxylic acids is 1. The van der Waals surface area contributed by atoms with Crippen LogP contribution in [0.5, 0.6) is 5.75 Å². The highest BCUT2D eigenvalue weighted by molar-refractivity contribution is 5.83. The summed E-state index contributed by atoms with van der Waals surface area (Å²) in [4.78, 5) is 16.0. The lowest BCUT2D eigenvalue weighted by Gasteiger charge is -2.33. The van der Waals surface area contributed by atoms with Crippen LogP contribution in [0.25, 0.3) is 16.9 Å². The summed E-state index contributed by atoms with van der Waals surface area (Å²) >= 11 is 0. The van der Waals surface area contributed by atoms with Gasteiger partial charge in [0.2, 0.25) is 5.91 Å². The molecule has 0 spiro atoms. The molecule has 9 heteroatoms. The molecule has 1 aromatic heterocycles. The first kappa shape index (κ1) is 25.6. The van der Waals surface area contributed by atoms with Crippen LogP contribution in [0.1, 0.15) is 37.7 Å². The molecular formula is C29H33FN6O2. The molecule has 2 aromatic carbocycles. The van der Waals surface area contributed by atoms with Crippen LogP contribution in [0.2, 0.25) is 0 Å². The number of hydrogen-bond donors (Lipinski definition) is 1. The number of rotatable bonds is 7. The molecule has 1 saturated heterocycles. The molecule has 2 heterocycles. The monoisotopic (exact) mass is 516 g/mol. The highest BCUT2D eigenvalue weighted by Gasteiger charge is 2.23. The SMILES string of the molecule is COc1cc(N2CCN(C)C(=O)C2)ccc1-n1nc(NCC2CCCCC2)cc1-c1ccc(C#N)c(F)c1. The molecule has 0 unspecified atom stereocenters. The van der Waals surface area contributed by atoms with E-state index in [1.54, 1.807) is 22.8 Å². The fourth-order valence-electron chi connectivity index (χ4n) is 5.28. The maximum absolute atomic E-state index is 14.6. The number of benzene rings is 2. The lowest BCUT2D eigenvalue weighted by molar-refractivity contribution is -0.129. The molecule has 5 rings (SSSR count). The fourth-order valence-corrected chi connectivity index (χ4v) is 5.28. The summed E-state index contributed by atoms with van der Waals surface area (Å²) in [7, 11) is 3.42. The Bertz CT molecular complexity index is 1360. The molecule has 2 aliphatic rings. The van der Waals surface area contributed by atoms with Crippen molar-refractivity contribution in [2.45, 2.75) is 32.1 Å². The Labute approximate surface area is 222 Å². The van der Waals surface area contributed by atoms with Crippen LogP contribution in [0.3, 0.4) is 0 Å². The maximum Gasteiger partial charge on any atom is 0.241 e. The molecule has 198 valence electrons. The lowest BCUT2D eigenvalue weighted by Crippen LogP contribution is -2.48. The van der Waals surface area contributed by atoms with Crippen molar-refractivity contribution in [3.05, 3.63) is 53.8 Å². The van der Waals surface area contributed by atoms with Crippen molar-refractivity contribution in [1.82, 2.24) is 14.7 Å². The van der Waals surface area contributed by atoms with Crippen LogP contribution in [0, 0.1) is 23.1 Å². The summed E-state index contributed by atoms with van der Waals surface area (Å²) in [5.74, 6) is 1.41. The second-order valence-electron chi connectivity index (χ2n) is 10.1. The molecule has 1 aliphatic heterocycles. The van der Waals surface area contributed by atoms with Crippen molar-refractivity contribution >= 4 is 17.4 Å². The number of amides is 1. The number of piperazine rings is 1. The van der Waals surface area contributed by atoms with E-state index in [1.165, 1.54) is 44.2 Å². The summed E-state index contributed by atoms with van der Waals surface area (Å²) < 4.78 is 22.1. The van der Waals surface area contributed by atoms with Gasteiger partial charge in [0.15, 0.2) is 0 Å². The summed E-state index contributed by atoms with van der Waals surface area (Å²) in [6.45, 7) is 2.54. The van der Waals surface area contributed by atoms with Gasteiger partial charge in [0.25, 0.3) is 0 Å². The summed E-state index contributed by atoms with van der Waals surface area (Å²) in [5.41, 5.74) is 2.87. The minimum absolute atomic E-state index is 0.000815. The predicted molar refractivity (Wildman–Crippen MR) is 145 cm³/mol. The smallest absolute Gasteiger partial charge is 0.241 e. The molecule has 1 aliphatic carbocycles. The van der Waals surface area contributed by atoms with E-state index in [0.29, 0.717) is 47.5 Å². The van der Waals surface area contributed by atoms with Gasteiger partial charge in [-0.2, -0.15) is 5.26 Å². The van der Waals surface area contributed by atoms with Crippen LogP contribution in [0.4, 0.5) is 15.9 Å². The molecule has 2 fully saturated rings. The van der Waals surface area contributed by atoms with Gasteiger partial charge in [-0.3, -0.25) is 4.79 Å². The minimum Gasteiger partial charge on any atom is -0.494 e. The normalized spacial score (nSPS) is 16.4. The molecule has 38 heavy (non-hydrogen) atoms. The van der Waals surface area contributed by atoms with E-state index >= 15 is 0 Å². The molecule has 1 amide bonds. The van der Waals surface area contributed by atoms with Crippen molar-refractivity contribution in [2.24, 2.45) is 5.92 Å². The third-order valence-electron chi connectivity index (χ3n) is 7.61. The number of ether oxygens (including phenoxy) is 1. The summed E-state index contributed by atoms with van der Waals surface area (Å²) in [6, 6.07) is 14.2. The van der Waals surface area contributed by atoms with Crippen molar-refractivity contribution in [2.75, 3.05) is 50.6 Å². The Kier molecular flexibility index (Phi) is 7.50. The third kappa shape index (κ3) is 5.30. The molecule has 0 radical (unpaired) electrons. The maximum atomic E-state index is 14.6. The van der Waals surface area contributed by atoms with E-state index < -0.39 is 5.82 Å². The summed E-state index contributed by atoms with van der Waals surface area (Å²) in [5, 5.41) is 17.5. The minimum atomic E-state index is -0.573. The van der Waals surface area contributed by atoms with E-state index in [2.05, 4.69) is 5.32 Å². The number of anilines is 2. The predicted octanol–water partition coefficient (Wildman–Crippen LogP) is 4.83. The van der Waals surface area contributed by atoms with E-state index in [1.807, 2.05) is 42.3 Å². The third-order valence-corrected chi connectivity index (χ3v) is 7.61. The average Bonchev–Trinajstić information content (AvgIpc) is 3.37. The number of nitrogens with zero attached hydrogens (tertiary/aromatic N) is 5. The second-order valence-corrected chi connectivity index (χ2v) is 10.1. The van der Waals surface area contributed by atoms with E-state index in [0.717, 1.165) is 18.8 Å². The van der Waals surface area contributed by atoms with E-state index in [9.17, 15) is 14.4 Å². The average molecular weight is 517 g/mol. The van der Waals surface area contributed by atoms with Crippen LogP contribution >= 0.6 is 0 Å². The number of aromatic nitrogens is 2. The molecule has 8 nitrogen and oxygen atoms in total. The van der Waals surface area contributed by atoms with Crippen LogP contribution in [-0.2, 0) is 4.79 Å². The van der Waals surface area contributed by atoms with Crippen molar-refractivity contribution in [3.63, 3.8) is 0 Å². The highest BCUT2D eigenvalue weighted by Crippen LogP contribution is 2.34. The first-order valence-corrected chi connectivity index (χ1v) is 13.2. The first-order chi connectivity index (χ1) is 18.5. The van der Waals surface area contributed by atoms with Crippen LogP contribution in [0.15, 0.2) is 42.5 Å². The van der Waals surface area contributed by atoms with Gasteiger partial charge in [-0.1, -0.05) is 25.3 Å². The van der Waals surface area contributed by atoms with Crippen molar-refractivity contribution in [3.8, 4) is 28.8 Å². The van der Waals surface area contributed by atoms with Gasteiger partial charge in [-0.25, -0.2) is 9.07 Å². The van der Waals surface area contributed by atoms with Crippen molar-refractivity contribution in [1.29, 1.82) is 5.26 Å². The fraction of sp³-hybridized carbons (Fsp3) is 0.414. The lowest BCUT2D eigenvalue weighted by atomic mass is 9.89. The number of halogens is 1. The number of methoxy groups -OCH3 is 1. The Morgan fingerprint density at radius 1 is 1.13 bits per heavy atom. The van der Waals surface area contributed by atoms with E-state index in [4.69, 9.17) is 9.84 Å². The van der Waals surface area contributed by atoms with Gasteiger partial charge >= 0.3 is 0 Å². The van der Waals surface area contributed by atoms with Crippen LogP contribution < -0.4 is 15.0 Å². The largest absolute Gasteiger partial charge is 0.494 e. The van der Waals surface area contributed by atoms with E-state index in [-0.39, 0.29) is 11.5 Å². The van der Waals surface area contributed by atoms with Gasteiger partial charge in [0.1, 0.15) is 29.1 Å². The zero-order valence-corrected chi connectivity index (χ0v) is 21.9. The number of carbonyl (C=O) groups is 1. The Hall–Kier alpha value is -4.06. The molecule has 1 saturated carbocycles. The number of hydrogen-bond acceptors (Lipinski definition) is 6. The topological polar surface area (TPSA) is 86.4 Å². The zero-order valence-electron chi connectivity index (χ0n) is 21.9. The zero-order chi connectivity index (χ0) is 26.6. The van der Waals surface area contributed by atoms with Crippen molar-refractivity contribution < 1.29 is 13.9 Å². The standard InChI is InChI=1S/C29H33FN6O2/c1-34-12-13-35(19-29(34)37)23-10-11-25(27(15-23)38-2)36-26(21-8-9-22(17-31)24(30)14-21)16-28(33-36)32-18-20-6-4-3-5-7-20/h8-11,14-16,20H,3-7,12-13,18-19H2,1-2H3,(H,32,33). The Morgan fingerprint density at radius 2 is 1.95 bits per heavy atom. The molecular weight excluding hydrogens is 483 g/mol. The van der Waals surface area contributed by atoms with Gasteiger partial charge in [0.05, 0.1) is 24.9 Å². The number of likely N-dealkylation sites (N-methyl/N-ethyl adjacent to an activating group) is 1. The molecule has 3 aromatic rings. The molecule has 0 bridgehead atoms.